The number of anilines is 1. The molecule has 0 aliphatic rings. The van der Waals surface area contributed by atoms with Crippen molar-refractivity contribution in [2.24, 2.45) is 0 Å². The van der Waals surface area contributed by atoms with Gasteiger partial charge in [0.1, 0.15) is 12.7 Å². The molecule has 0 aliphatic heterocycles. The zero-order valence-corrected chi connectivity index (χ0v) is 14.3. The molecular formula is C16H15ClN4OS. The molecule has 2 aromatic heterocycles. The Morgan fingerprint density at radius 1 is 1.39 bits per heavy atom. The maximum absolute atomic E-state index is 12.5. The SMILES string of the molecule is CCc1cc(C(=O)Nc2cc(Cl)ccc2-n2cncn2)sc1C. The van der Waals surface area contributed by atoms with E-state index in [1.807, 2.05) is 13.0 Å². The van der Waals surface area contributed by atoms with Crippen LogP contribution in [-0.2, 0) is 6.42 Å². The molecule has 0 fully saturated rings. The molecule has 2 heterocycles. The lowest BCUT2D eigenvalue weighted by Gasteiger charge is -2.10. The summed E-state index contributed by atoms with van der Waals surface area (Å²) in [5.41, 5.74) is 2.50. The van der Waals surface area contributed by atoms with Gasteiger partial charge in [0.2, 0.25) is 0 Å². The van der Waals surface area contributed by atoms with Crippen LogP contribution in [0.2, 0.25) is 5.02 Å². The van der Waals surface area contributed by atoms with Crippen LogP contribution in [0.4, 0.5) is 5.69 Å². The van der Waals surface area contributed by atoms with Crippen molar-refractivity contribution in [1.82, 2.24) is 14.8 Å². The summed E-state index contributed by atoms with van der Waals surface area (Å²) < 4.78 is 1.59. The Morgan fingerprint density at radius 3 is 2.87 bits per heavy atom. The Morgan fingerprint density at radius 2 is 2.22 bits per heavy atom. The normalized spacial score (nSPS) is 10.7. The summed E-state index contributed by atoms with van der Waals surface area (Å²) in [6, 6.07) is 7.19. The first-order chi connectivity index (χ1) is 11.1. The van der Waals surface area contributed by atoms with E-state index in [0.717, 1.165) is 6.42 Å². The summed E-state index contributed by atoms with van der Waals surface area (Å²) in [5, 5.41) is 7.56. The molecule has 1 aromatic carbocycles. The molecule has 0 aliphatic carbocycles. The highest BCUT2D eigenvalue weighted by molar-refractivity contribution is 7.14. The zero-order chi connectivity index (χ0) is 16.4. The predicted molar refractivity (Wildman–Crippen MR) is 92.8 cm³/mol. The first kappa shape index (κ1) is 15.7. The largest absolute Gasteiger partial charge is 0.319 e. The van der Waals surface area contributed by atoms with Crippen LogP contribution in [-0.4, -0.2) is 20.7 Å². The number of nitrogens with zero attached hydrogens (tertiary/aromatic N) is 3. The summed E-state index contributed by atoms with van der Waals surface area (Å²) in [7, 11) is 0. The monoisotopic (exact) mass is 346 g/mol. The molecule has 3 aromatic rings. The fraction of sp³-hybridized carbons (Fsp3) is 0.188. The molecule has 3 rings (SSSR count). The quantitative estimate of drug-likeness (QED) is 0.773. The summed E-state index contributed by atoms with van der Waals surface area (Å²) in [6.45, 7) is 4.11. The van der Waals surface area contributed by atoms with E-state index in [9.17, 15) is 4.79 Å². The van der Waals surface area contributed by atoms with Crippen molar-refractivity contribution >= 4 is 34.5 Å². The Kier molecular flexibility index (Phi) is 4.45. The minimum absolute atomic E-state index is 0.151. The lowest BCUT2D eigenvalue weighted by atomic mass is 10.2. The third-order valence-corrected chi connectivity index (χ3v) is 4.82. The van der Waals surface area contributed by atoms with Crippen molar-refractivity contribution in [3.8, 4) is 5.69 Å². The number of halogens is 1. The van der Waals surface area contributed by atoms with Crippen molar-refractivity contribution in [1.29, 1.82) is 0 Å². The second-order valence-electron chi connectivity index (χ2n) is 5.00. The number of hydrogen-bond donors (Lipinski definition) is 1. The van der Waals surface area contributed by atoms with E-state index in [4.69, 9.17) is 11.6 Å². The molecule has 0 unspecified atom stereocenters. The number of aromatic nitrogens is 3. The third kappa shape index (κ3) is 3.28. The van der Waals surface area contributed by atoms with E-state index < -0.39 is 0 Å². The molecule has 1 amide bonds. The summed E-state index contributed by atoms with van der Waals surface area (Å²) >= 11 is 7.56. The lowest BCUT2D eigenvalue weighted by Crippen LogP contribution is -2.12. The first-order valence-corrected chi connectivity index (χ1v) is 8.33. The molecule has 0 saturated heterocycles. The Hall–Kier alpha value is -2.18. The Balaban J connectivity index is 1.92. The average Bonchev–Trinajstić information content (AvgIpc) is 3.16. The molecular weight excluding hydrogens is 332 g/mol. The maximum atomic E-state index is 12.5. The average molecular weight is 347 g/mol. The Bertz CT molecular complexity index is 842. The summed E-state index contributed by atoms with van der Waals surface area (Å²) in [6.07, 6.45) is 3.93. The highest BCUT2D eigenvalue weighted by atomic mass is 35.5. The number of nitrogens with one attached hydrogen (secondary N) is 1. The number of carbonyl (C=O) groups excluding carboxylic acids is 1. The molecule has 118 valence electrons. The second-order valence-corrected chi connectivity index (χ2v) is 6.69. The molecule has 7 heteroatoms. The topological polar surface area (TPSA) is 59.8 Å². The van der Waals surface area contributed by atoms with Crippen molar-refractivity contribution in [3.05, 3.63) is 57.3 Å². The van der Waals surface area contributed by atoms with Gasteiger partial charge in [-0.05, 0) is 43.2 Å². The molecule has 0 radical (unpaired) electrons. The highest BCUT2D eigenvalue weighted by Gasteiger charge is 2.15. The minimum atomic E-state index is -0.151. The molecule has 5 nitrogen and oxygen atoms in total. The van der Waals surface area contributed by atoms with Gasteiger partial charge in [0, 0.05) is 9.90 Å². The van der Waals surface area contributed by atoms with Gasteiger partial charge in [-0.25, -0.2) is 9.67 Å². The fourth-order valence-electron chi connectivity index (χ4n) is 2.31. The summed E-state index contributed by atoms with van der Waals surface area (Å²) in [5.74, 6) is -0.151. The molecule has 0 saturated carbocycles. The van der Waals surface area contributed by atoms with Gasteiger partial charge in [-0.2, -0.15) is 5.10 Å². The first-order valence-electron chi connectivity index (χ1n) is 7.13. The fourth-order valence-corrected chi connectivity index (χ4v) is 3.49. The van der Waals surface area contributed by atoms with Crippen LogP contribution in [0.15, 0.2) is 36.9 Å². The molecule has 0 spiro atoms. The van der Waals surface area contributed by atoms with Crippen LogP contribution in [0.1, 0.15) is 27.0 Å². The van der Waals surface area contributed by atoms with E-state index in [1.165, 1.54) is 28.1 Å². The predicted octanol–water partition coefficient (Wildman–Crippen LogP) is 4.11. The van der Waals surface area contributed by atoms with Gasteiger partial charge in [-0.15, -0.1) is 11.3 Å². The number of hydrogen-bond acceptors (Lipinski definition) is 4. The van der Waals surface area contributed by atoms with Gasteiger partial charge in [0.25, 0.3) is 5.91 Å². The molecule has 1 N–H and O–H groups in total. The number of rotatable bonds is 4. The summed E-state index contributed by atoms with van der Waals surface area (Å²) in [4.78, 5) is 18.3. The molecule has 23 heavy (non-hydrogen) atoms. The van der Waals surface area contributed by atoms with Crippen LogP contribution in [0, 0.1) is 6.92 Å². The van der Waals surface area contributed by atoms with Gasteiger partial charge < -0.3 is 5.32 Å². The van der Waals surface area contributed by atoms with Gasteiger partial charge in [0.05, 0.1) is 16.3 Å². The standard InChI is InChI=1S/C16H15ClN4OS/c1-3-11-6-15(23-10(11)2)16(22)20-13-7-12(17)4-5-14(13)21-9-18-8-19-21/h4-9H,3H2,1-2H3,(H,20,22). The van der Waals surface area contributed by atoms with Gasteiger partial charge in [0.15, 0.2) is 0 Å². The zero-order valence-electron chi connectivity index (χ0n) is 12.7. The minimum Gasteiger partial charge on any atom is -0.319 e. The van der Waals surface area contributed by atoms with Gasteiger partial charge >= 0.3 is 0 Å². The van der Waals surface area contributed by atoms with Gasteiger partial charge in [-0.3, -0.25) is 4.79 Å². The van der Waals surface area contributed by atoms with E-state index in [0.29, 0.717) is 21.3 Å². The number of benzene rings is 1. The highest BCUT2D eigenvalue weighted by Crippen LogP contribution is 2.27. The van der Waals surface area contributed by atoms with Crippen LogP contribution < -0.4 is 5.32 Å². The van der Waals surface area contributed by atoms with Crippen LogP contribution in [0.3, 0.4) is 0 Å². The van der Waals surface area contributed by atoms with Crippen LogP contribution in [0.25, 0.3) is 5.69 Å². The molecule has 0 bridgehead atoms. The number of amides is 1. The molecule has 0 atom stereocenters. The van der Waals surface area contributed by atoms with E-state index in [-0.39, 0.29) is 5.91 Å². The smallest absolute Gasteiger partial charge is 0.265 e. The number of carbonyl (C=O) groups is 1. The number of aryl methyl sites for hydroxylation is 2. The Labute approximate surface area is 142 Å². The maximum Gasteiger partial charge on any atom is 0.265 e. The van der Waals surface area contributed by atoms with E-state index in [2.05, 4.69) is 22.3 Å². The number of thiophene rings is 1. The van der Waals surface area contributed by atoms with Crippen molar-refractivity contribution in [2.45, 2.75) is 20.3 Å². The van der Waals surface area contributed by atoms with Crippen molar-refractivity contribution in [3.63, 3.8) is 0 Å². The second kappa shape index (κ2) is 6.52. The van der Waals surface area contributed by atoms with Crippen LogP contribution >= 0.6 is 22.9 Å². The van der Waals surface area contributed by atoms with Crippen molar-refractivity contribution < 1.29 is 4.79 Å². The van der Waals surface area contributed by atoms with Gasteiger partial charge in [-0.1, -0.05) is 18.5 Å². The van der Waals surface area contributed by atoms with Crippen molar-refractivity contribution in [2.75, 3.05) is 5.32 Å². The van der Waals surface area contributed by atoms with Crippen LogP contribution in [0.5, 0.6) is 0 Å². The third-order valence-electron chi connectivity index (χ3n) is 3.50. The van der Waals surface area contributed by atoms with E-state index in [1.54, 1.807) is 29.2 Å². The van der Waals surface area contributed by atoms with E-state index >= 15 is 0 Å². The lowest BCUT2D eigenvalue weighted by molar-refractivity contribution is 0.103.